The third kappa shape index (κ3) is 2.32. The molecule has 0 spiro atoms. The van der Waals surface area contributed by atoms with Crippen molar-refractivity contribution in [3.63, 3.8) is 0 Å². The van der Waals surface area contributed by atoms with Crippen molar-refractivity contribution in [2.24, 2.45) is 0 Å². The molecule has 1 nitrogen and oxygen atoms in total. The highest BCUT2D eigenvalue weighted by atomic mass is 32.1. The van der Waals surface area contributed by atoms with Crippen LogP contribution in [-0.2, 0) is 6.42 Å². The maximum Gasteiger partial charge on any atom is 0.0861 e. The number of aryl methyl sites for hydroxylation is 4. The van der Waals surface area contributed by atoms with Gasteiger partial charge in [-0.15, -0.1) is 11.3 Å². The summed E-state index contributed by atoms with van der Waals surface area (Å²) < 4.78 is 0. The van der Waals surface area contributed by atoms with Crippen molar-refractivity contribution in [2.75, 3.05) is 0 Å². The summed E-state index contributed by atoms with van der Waals surface area (Å²) in [6, 6.07) is 6.59. The van der Waals surface area contributed by atoms with E-state index in [-0.39, 0.29) is 12.0 Å². The van der Waals surface area contributed by atoms with Gasteiger partial charge in [0.1, 0.15) is 0 Å². The van der Waals surface area contributed by atoms with Gasteiger partial charge in [0.15, 0.2) is 0 Å². The topological polar surface area (TPSA) is 20.2 Å². The standard InChI is InChI=1S/C18H22OS/c1-11-9-13(3)16(10-12(11)2)18(19)15-5-4-6-17-14(15)7-8-20-17/h7-10,15,18-19H,4-6H2,1-3H3. The molecular weight excluding hydrogens is 264 g/mol. The fourth-order valence-electron chi connectivity index (χ4n) is 3.37. The van der Waals surface area contributed by atoms with Gasteiger partial charge in [-0.2, -0.15) is 0 Å². The molecule has 20 heavy (non-hydrogen) atoms. The summed E-state index contributed by atoms with van der Waals surface area (Å²) in [4.78, 5) is 1.47. The molecule has 1 aromatic carbocycles. The zero-order valence-corrected chi connectivity index (χ0v) is 13.3. The van der Waals surface area contributed by atoms with Crippen LogP contribution in [0.15, 0.2) is 23.6 Å². The molecule has 0 saturated heterocycles. The molecule has 2 heteroatoms. The molecule has 0 amide bonds. The van der Waals surface area contributed by atoms with E-state index in [4.69, 9.17) is 0 Å². The van der Waals surface area contributed by atoms with E-state index in [1.165, 1.54) is 40.0 Å². The Labute approximate surface area is 125 Å². The molecule has 1 aliphatic rings. The number of aliphatic hydroxyl groups excluding tert-OH is 1. The highest BCUT2D eigenvalue weighted by molar-refractivity contribution is 7.10. The third-order valence-corrected chi connectivity index (χ3v) is 5.68. The van der Waals surface area contributed by atoms with Gasteiger partial charge in [-0.05, 0) is 79.3 Å². The van der Waals surface area contributed by atoms with Crippen LogP contribution in [0.2, 0.25) is 0 Å². The lowest BCUT2D eigenvalue weighted by Gasteiger charge is -2.29. The molecule has 2 unspecified atom stereocenters. The Kier molecular flexibility index (Phi) is 3.70. The number of hydrogen-bond acceptors (Lipinski definition) is 2. The lowest BCUT2D eigenvalue weighted by Crippen LogP contribution is -2.16. The molecule has 106 valence electrons. The predicted octanol–water partition coefficient (Wildman–Crippen LogP) is 4.83. The summed E-state index contributed by atoms with van der Waals surface area (Å²) in [6.45, 7) is 6.38. The van der Waals surface area contributed by atoms with Crippen LogP contribution in [-0.4, -0.2) is 5.11 Å². The van der Waals surface area contributed by atoms with Gasteiger partial charge in [0, 0.05) is 10.8 Å². The minimum Gasteiger partial charge on any atom is -0.388 e. The number of aliphatic hydroxyl groups is 1. The Morgan fingerprint density at radius 2 is 1.90 bits per heavy atom. The van der Waals surface area contributed by atoms with Gasteiger partial charge in [-0.1, -0.05) is 12.1 Å². The Balaban J connectivity index is 1.98. The van der Waals surface area contributed by atoms with Crippen LogP contribution in [0.1, 0.15) is 57.6 Å². The summed E-state index contributed by atoms with van der Waals surface area (Å²) in [5, 5.41) is 13.1. The number of fused-ring (bicyclic) bond motifs is 1. The van der Waals surface area contributed by atoms with E-state index in [1.807, 2.05) is 11.3 Å². The van der Waals surface area contributed by atoms with Crippen molar-refractivity contribution < 1.29 is 5.11 Å². The van der Waals surface area contributed by atoms with E-state index in [1.54, 1.807) is 0 Å². The first-order valence-electron chi connectivity index (χ1n) is 7.40. The summed E-state index contributed by atoms with van der Waals surface area (Å²) in [7, 11) is 0. The minimum atomic E-state index is -0.372. The fourth-order valence-corrected chi connectivity index (χ4v) is 4.36. The van der Waals surface area contributed by atoms with E-state index >= 15 is 0 Å². The largest absolute Gasteiger partial charge is 0.388 e. The Hall–Kier alpha value is -1.12. The normalized spacial score (nSPS) is 19.7. The van der Waals surface area contributed by atoms with Crippen molar-refractivity contribution in [3.8, 4) is 0 Å². The van der Waals surface area contributed by atoms with Crippen LogP contribution >= 0.6 is 11.3 Å². The summed E-state index contributed by atoms with van der Waals surface area (Å²) in [5.41, 5.74) is 6.27. The fraction of sp³-hybridized carbons (Fsp3) is 0.444. The predicted molar refractivity (Wildman–Crippen MR) is 85.6 cm³/mol. The smallest absolute Gasteiger partial charge is 0.0861 e. The Morgan fingerprint density at radius 3 is 2.70 bits per heavy atom. The molecule has 2 aromatic rings. The number of thiophene rings is 1. The van der Waals surface area contributed by atoms with Gasteiger partial charge in [0.05, 0.1) is 6.10 Å². The number of hydrogen-bond donors (Lipinski definition) is 1. The average molecular weight is 286 g/mol. The van der Waals surface area contributed by atoms with Gasteiger partial charge in [-0.3, -0.25) is 0 Å². The first kappa shape index (κ1) is 13.8. The van der Waals surface area contributed by atoms with Crippen molar-refractivity contribution in [2.45, 2.75) is 52.1 Å². The van der Waals surface area contributed by atoms with E-state index in [9.17, 15) is 5.11 Å². The van der Waals surface area contributed by atoms with Gasteiger partial charge in [0.2, 0.25) is 0 Å². The summed E-state index contributed by atoms with van der Waals surface area (Å²) >= 11 is 1.84. The molecule has 0 bridgehead atoms. The average Bonchev–Trinajstić information content (AvgIpc) is 2.90. The van der Waals surface area contributed by atoms with Gasteiger partial charge in [-0.25, -0.2) is 0 Å². The highest BCUT2D eigenvalue weighted by Gasteiger charge is 2.29. The lowest BCUT2D eigenvalue weighted by molar-refractivity contribution is 0.135. The third-order valence-electron chi connectivity index (χ3n) is 4.68. The zero-order chi connectivity index (χ0) is 14.3. The number of rotatable bonds is 2. The molecule has 1 N–H and O–H groups in total. The van der Waals surface area contributed by atoms with Gasteiger partial charge < -0.3 is 5.11 Å². The minimum absolute atomic E-state index is 0.269. The highest BCUT2D eigenvalue weighted by Crippen LogP contribution is 2.43. The van der Waals surface area contributed by atoms with E-state index in [0.717, 1.165) is 12.0 Å². The Bertz CT molecular complexity index is 626. The molecule has 0 saturated carbocycles. The SMILES string of the molecule is Cc1cc(C)c(C(O)C2CCCc3sccc32)cc1C. The van der Waals surface area contributed by atoms with Crippen molar-refractivity contribution in [1.82, 2.24) is 0 Å². The van der Waals surface area contributed by atoms with E-state index in [0.29, 0.717) is 0 Å². The maximum absolute atomic E-state index is 10.9. The van der Waals surface area contributed by atoms with E-state index < -0.39 is 0 Å². The van der Waals surface area contributed by atoms with Crippen LogP contribution in [0, 0.1) is 20.8 Å². The quantitative estimate of drug-likeness (QED) is 0.838. The molecule has 0 aliphatic heterocycles. The van der Waals surface area contributed by atoms with E-state index in [2.05, 4.69) is 44.4 Å². The molecule has 1 aromatic heterocycles. The first-order valence-corrected chi connectivity index (χ1v) is 8.28. The lowest BCUT2D eigenvalue weighted by atomic mass is 9.80. The van der Waals surface area contributed by atoms with Crippen molar-refractivity contribution >= 4 is 11.3 Å². The monoisotopic (exact) mass is 286 g/mol. The second-order valence-corrected chi connectivity index (χ2v) is 7.04. The molecule has 3 rings (SSSR count). The van der Waals surface area contributed by atoms with Gasteiger partial charge in [0.25, 0.3) is 0 Å². The molecule has 2 atom stereocenters. The second-order valence-electron chi connectivity index (χ2n) is 6.04. The maximum atomic E-state index is 10.9. The molecular formula is C18H22OS. The van der Waals surface area contributed by atoms with Crippen LogP contribution in [0.5, 0.6) is 0 Å². The molecule has 0 radical (unpaired) electrons. The zero-order valence-electron chi connectivity index (χ0n) is 12.4. The van der Waals surface area contributed by atoms with Crippen LogP contribution in [0.3, 0.4) is 0 Å². The van der Waals surface area contributed by atoms with Crippen LogP contribution < -0.4 is 0 Å². The van der Waals surface area contributed by atoms with Gasteiger partial charge >= 0.3 is 0 Å². The molecule has 1 aliphatic carbocycles. The summed E-state index contributed by atoms with van der Waals surface area (Å²) in [5.74, 6) is 0.269. The first-order chi connectivity index (χ1) is 9.58. The second kappa shape index (κ2) is 5.34. The number of benzene rings is 1. The Morgan fingerprint density at radius 1 is 1.15 bits per heavy atom. The van der Waals surface area contributed by atoms with Crippen molar-refractivity contribution in [1.29, 1.82) is 0 Å². The van der Waals surface area contributed by atoms with Crippen molar-refractivity contribution in [3.05, 3.63) is 56.3 Å². The molecule has 0 fully saturated rings. The molecule has 1 heterocycles. The summed E-state index contributed by atoms with van der Waals surface area (Å²) in [6.07, 6.45) is 3.10. The van der Waals surface area contributed by atoms with Crippen LogP contribution in [0.25, 0.3) is 0 Å². The van der Waals surface area contributed by atoms with Crippen LogP contribution in [0.4, 0.5) is 0 Å².